The number of aromatic nitrogens is 2. The maximum atomic E-state index is 12.9. The van der Waals surface area contributed by atoms with Crippen molar-refractivity contribution in [3.63, 3.8) is 0 Å². The lowest BCUT2D eigenvalue weighted by molar-refractivity contribution is -0.144. The molecule has 2 aromatic rings. The molecule has 0 saturated heterocycles. The number of anilines is 3. The minimum Gasteiger partial charge on any atom is -0.480 e. The van der Waals surface area contributed by atoms with Crippen LogP contribution in [0.25, 0.3) is 0 Å². The van der Waals surface area contributed by atoms with Gasteiger partial charge in [0.25, 0.3) is 0 Å². The first-order valence-corrected chi connectivity index (χ1v) is 13.1. The summed E-state index contributed by atoms with van der Waals surface area (Å²) < 4.78 is 6.30. The average Bonchev–Trinajstić information content (AvgIpc) is 2.82. The molecule has 1 aromatic heterocycles. The molecule has 206 valence electrons. The molecule has 0 fully saturated rings. The van der Waals surface area contributed by atoms with Gasteiger partial charge in [-0.15, -0.1) is 0 Å². The highest BCUT2D eigenvalue weighted by Gasteiger charge is 2.23. The summed E-state index contributed by atoms with van der Waals surface area (Å²) in [7, 11) is 0. The number of amides is 2. The van der Waals surface area contributed by atoms with Gasteiger partial charge in [0.05, 0.1) is 10.6 Å². The number of carboxylic acid groups (broad SMARTS) is 1. The Kier molecular flexibility index (Phi) is 9.26. The zero-order valence-corrected chi connectivity index (χ0v) is 23.1. The Morgan fingerprint density at radius 2 is 1.89 bits per heavy atom. The highest BCUT2D eigenvalue weighted by atomic mass is 32.2. The van der Waals surface area contributed by atoms with Crippen LogP contribution in [0.4, 0.5) is 22.0 Å². The van der Waals surface area contributed by atoms with Crippen molar-refractivity contribution < 1.29 is 24.2 Å². The van der Waals surface area contributed by atoms with Crippen molar-refractivity contribution >= 4 is 46.9 Å². The van der Waals surface area contributed by atoms with E-state index in [2.05, 4.69) is 34.4 Å². The lowest BCUT2D eigenvalue weighted by atomic mass is 10.2. The van der Waals surface area contributed by atoms with Crippen molar-refractivity contribution in [1.82, 2.24) is 19.8 Å². The molecular formula is C25H34N6O6S. The van der Waals surface area contributed by atoms with Crippen molar-refractivity contribution in [1.29, 1.82) is 0 Å². The maximum Gasteiger partial charge on any atom is 0.407 e. The molecule has 0 aliphatic carbocycles. The van der Waals surface area contributed by atoms with Crippen LogP contribution in [-0.2, 0) is 20.9 Å². The quantitative estimate of drug-likeness (QED) is 0.347. The van der Waals surface area contributed by atoms with E-state index in [1.165, 1.54) is 11.8 Å². The molecule has 0 unspecified atom stereocenters. The molecule has 12 nitrogen and oxygen atoms in total. The third kappa shape index (κ3) is 7.63. The van der Waals surface area contributed by atoms with Crippen molar-refractivity contribution in [2.24, 2.45) is 0 Å². The molecule has 13 heteroatoms. The van der Waals surface area contributed by atoms with Crippen molar-refractivity contribution in [3.05, 3.63) is 34.9 Å². The molecule has 0 bridgehead atoms. The lowest BCUT2D eigenvalue weighted by Gasteiger charge is -2.25. The molecule has 1 aliphatic heterocycles. The Balaban J connectivity index is 1.71. The topological polar surface area (TPSA) is 146 Å². The van der Waals surface area contributed by atoms with Crippen LogP contribution in [0.2, 0.25) is 0 Å². The average molecular weight is 547 g/mol. The van der Waals surface area contributed by atoms with E-state index < -0.39 is 42.4 Å². The number of carboxylic acids is 1. The van der Waals surface area contributed by atoms with E-state index in [-0.39, 0.29) is 13.1 Å². The Morgan fingerprint density at radius 3 is 2.53 bits per heavy atom. The van der Waals surface area contributed by atoms with E-state index in [0.717, 1.165) is 38.8 Å². The Bertz CT molecular complexity index is 1250. The molecule has 2 heterocycles. The number of aliphatic carboxylic acids is 1. The number of rotatable bonds is 10. The van der Waals surface area contributed by atoms with Crippen molar-refractivity contribution in [2.75, 3.05) is 42.9 Å². The first-order valence-electron chi connectivity index (χ1n) is 12.3. The third-order valence-electron chi connectivity index (χ3n) is 5.56. The summed E-state index contributed by atoms with van der Waals surface area (Å²) in [5.41, 5.74) is 0.569. The summed E-state index contributed by atoms with van der Waals surface area (Å²) in [5, 5.41) is 15.0. The number of ether oxygens (including phenoxy) is 1. The Labute approximate surface area is 225 Å². The first-order chi connectivity index (χ1) is 17.9. The molecule has 2 amide bonds. The summed E-state index contributed by atoms with van der Waals surface area (Å²) in [6, 6.07) is 6.05. The van der Waals surface area contributed by atoms with Crippen LogP contribution < -0.4 is 21.2 Å². The number of carbonyl (C=O) groups is 3. The van der Waals surface area contributed by atoms with Crippen molar-refractivity contribution in [2.45, 2.75) is 56.6 Å². The molecule has 38 heavy (non-hydrogen) atoms. The van der Waals surface area contributed by atoms with Gasteiger partial charge in [-0.2, -0.15) is 4.98 Å². The zero-order chi connectivity index (χ0) is 28.0. The number of hydrogen-bond acceptors (Lipinski definition) is 9. The second-order valence-electron chi connectivity index (χ2n) is 9.58. The standard InChI is InChI=1S/C25H34N6O6S/c1-6-29(7-2)16-8-9-18-17(12-16)27-22-19(38-18)13-31(23(35)28-22)14-20(32)30(15-21(33)34)11-10-26-24(36)37-25(3,4)5/h8-9,12-13H,6-7,10-11,14-15H2,1-5H3,(H,26,36)(H,33,34)(H,27,28,35). The first kappa shape index (κ1) is 28.8. The summed E-state index contributed by atoms with van der Waals surface area (Å²) in [6.45, 7) is 9.98. The van der Waals surface area contributed by atoms with E-state index in [1.807, 2.05) is 18.2 Å². The fourth-order valence-corrected chi connectivity index (χ4v) is 4.76. The third-order valence-corrected chi connectivity index (χ3v) is 6.65. The van der Waals surface area contributed by atoms with Gasteiger partial charge in [-0.3, -0.25) is 14.2 Å². The van der Waals surface area contributed by atoms with Gasteiger partial charge in [0.2, 0.25) is 5.91 Å². The number of fused-ring (bicyclic) bond motifs is 2. The predicted octanol–water partition coefficient (Wildman–Crippen LogP) is 2.74. The number of nitrogens with zero attached hydrogens (tertiary/aromatic N) is 4. The largest absolute Gasteiger partial charge is 0.480 e. The number of benzene rings is 1. The van der Waals surface area contributed by atoms with E-state index in [1.54, 1.807) is 27.0 Å². The van der Waals surface area contributed by atoms with Crippen molar-refractivity contribution in [3.8, 4) is 0 Å². The van der Waals surface area contributed by atoms with E-state index >= 15 is 0 Å². The fraction of sp³-hybridized carbons (Fsp3) is 0.480. The molecular weight excluding hydrogens is 512 g/mol. The van der Waals surface area contributed by atoms with E-state index in [9.17, 15) is 24.3 Å². The SMILES string of the molecule is CCN(CC)c1ccc2c(c1)Nc1nc(=O)n(CC(=O)N(CCNC(=O)OC(C)(C)C)CC(=O)O)cc1S2. The summed E-state index contributed by atoms with van der Waals surface area (Å²) in [4.78, 5) is 57.8. The number of nitrogens with one attached hydrogen (secondary N) is 2. The molecule has 0 radical (unpaired) electrons. The molecule has 0 spiro atoms. The van der Waals surface area contributed by atoms with Gasteiger partial charge in [-0.05, 0) is 52.8 Å². The van der Waals surface area contributed by atoms with Gasteiger partial charge < -0.3 is 30.3 Å². The summed E-state index contributed by atoms with van der Waals surface area (Å²) >= 11 is 1.42. The van der Waals surface area contributed by atoms with Gasteiger partial charge in [0.1, 0.15) is 18.7 Å². The van der Waals surface area contributed by atoms with Crippen LogP contribution in [0.3, 0.4) is 0 Å². The van der Waals surface area contributed by atoms with Crippen LogP contribution >= 0.6 is 11.8 Å². The number of alkyl carbamates (subject to hydrolysis) is 1. The maximum absolute atomic E-state index is 12.9. The molecule has 1 aliphatic rings. The Hall–Kier alpha value is -3.74. The van der Waals surface area contributed by atoms with Crippen LogP contribution in [0.15, 0.2) is 39.0 Å². The van der Waals surface area contributed by atoms with Gasteiger partial charge in [0, 0.05) is 43.0 Å². The monoisotopic (exact) mass is 546 g/mol. The molecule has 3 rings (SSSR count). The van der Waals surface area contributed by atoms with Crippen LogP contribution in [-0.4, -0.2) is 75.9 Å². The smallest absolute Gasteiger partial charge is 0.407 e. The molecule has 3 N–H and O–H groups in total. The Morgan fingerprint density at radius 1 is 1.18 bits per heavy atom. The second kappa shape index (κ2) is 12.2. The highest BCUT2D eigenvalue weighted by molar-refractivity contribution is 7.99. The fourth-order valence-electron chi connectivity index (χ4n) is 3.79. The van der Waals surface area contributed by atoms with Gasteiger partial charge in [-0.1, -0.05) is 11.8 Å². The normalized spacial score (nSPS) is 12.0. The molecule has 0 atom stereocenters. The predicted molar refractivity (Wildman–Crippen MR) is 144 cm³/mol. The van der Waals surface area contributed by atoms with Gasteiger partial charge in [-0.25, -0.2) is 9.59 Å². The number of carbonyl (C=O) groups excluding carboxylic acids is 2. The molecule has 1 aromatic carbocycles. The number of hydrogen-bond donors (Lipinski definition) is 3. The zero-order valence-electron chi connectivity index (χ0n) is 22.2. The van der Waals surface area contributed by atoms with Crippen LogP contribution in [0.5, 0.6) is 0 Å². The second-order valence-corrected chi connectivity index (χ2v) is 10.7. The van der Waals surface area contributed by atoms with Crippen LogP contribution in [0, 0.1) is 0 Å². The highest BCUT2D eigenvalue weighted by Crippen LogP contribution is 2.43. The van der Waals surface area contributed by atoms with E-state index in [4.69, 9.17) is 4.74 Å². The minimum absolute atomic E-state index is 0.0166. The van der Waals surface area contributed by atoms with E-state index in [0.29, 0.717) is 10.7 Å². The summed E-state index contributed by atoms with van der Waals surface area (Å²) in [6.07, 6.45) is 0.865. The molecule has 0 saturated carbocycles. The summed E-state index contributed by atoms with van der Waals surface area (Å²) in [5.74, 6) is -1.41. The lowest BCUT2D eigenvalue weighted by Crippen LogP contribution is -2.44. The minimum atomic E-state index is -1.22. The van der Waals surface area contributed by atoms with Gasteiger partial charge >= 0.3 is 17.8 Å². The van der Waals surface area contributed by atoms with Gasteiger partial charge in [0.15, 0.2) is 5.82 Å². The van der Waals surface area contributed by atoms with Crippen LogP contribution in [0.1, 0.15) is 34.6 Å².